The zero-order chi connectivity index (χ0) is 21.0. The van der Waals surface area contributed by atoms with E-state index in [0.29, 0.717) is 16.5 Å². The van der Waals surface area contributed by atoms with Crippen LogP contribution in [0.15, 0.2) is 70.0 Å². The first kappa shape index (κ1) is 21.0. The number of hydrogen-bond acceptors (Lipinski definition) is 5. The quantitative estimate of drug-likeness (QED) is 0.570. The third-order valence-electron chi connectivity index (χ3n) is 3.87. The Balaban J connectivity index is 1.69. The van der Waals surface area contributed by atoms with Gasteiger partial charge in [0.15, 0.2) is 15.6 Å². The largest absolute Gasteiger partial charge is 0.489 e. The fourth-order valence-corrected chi connectivity index (χ4v) is 4.09. The summed E-state index contributed by atoms with van der Waals surface area (Å²) in [5.41, 5.74) is 0.464. The molecular formula is C21H20ClNO5S. The van der Waals surface area contributed by atoms with Gasteiger partial charge in [0.05, 0.1) is 16.0 Å². The Morgan fingerprint density at radius 3 is 2.48 bits per heavy atom. The van der Waals surface area contributed by atoms with E-state index < -0.39 is 15.7 Å². The van der Waals surface area contributed by atoms with Gasteiger partial charge in [-0.3, -0.25) is 4.79 Å². The highest BCUT2D eigenvalue weighted by Crippen LogP contribution is 2.29. The smallest absolute Gasteiger partial charge is 0.291 e. The van der Waals surface area contributed by atoms with E-state index in [9.17, 15) is 13.2 Å². The molecule has 0 atom stereocenters. The number of amides is 1. The molecule has 0 saturated carbocycles. The lowest BCUT2D eigenvalue weighted by atomic mass is 10.3. The molecule has 0 aliphatic carbocycles. The van der Waals surface area contributed by atoms with Crippen molar-refractivity contribution in [2.75, 3.05) is 5.32 Å². The van der Waals surface area contributed by atoms with Crippen LogP contribution < -0.4 is 10.1 Å². The van der Waals surface area contributed by atoms with E-state index in [0.717, 1.165) is 0 Å². The van der Waals surface area contributed by atoms with Gasteiger partial charge < -0.3 is 14.5 Å². The summed E-state index contributed by atoms with van der Waals surface area (Å²) < 4.78 is 35.8. The summed E-state index contributed by atoms with van der Waals surface area (Å²) in [6.07, 6.45) is -0.0263. The highest BCUT2D eigenvalue weighted by Gasteiger charge is 2.19. The van der Waals surface area contributed by atoms with E-state index in [1.54, 1.807) is 36.4 Å². The number of anilines is 1. The lowest BCUT2D eigenvalue weighted by Gasteiger charge is -2.12. The molecule has 0 saturated heterocycles. The van der Waals surface area contributed by atoms with Gasteiger partial charge in [-0.15, -0.1) is 0 Å². The summed E-state index contributed by atoms with van der Waals surface area (Å²) in [6, 6.07) is 15.9. The topological polar surface area (TPSA) is 85.6 Å². The number of halogens is 1. The molecule has 29 heavy (non-hydrogen) atoms. The van der Waals surface area contributed by atoms with Crippen LogP contribution in [0.5, 0.6) is 5.75 Å². The van der Waals surface area contributed by atoms with Crippen molar-refractivity contribution < 1.29 is 22.4 Å². The molecule has 2 aromatic carbocycles. The third-order valence-corrected chi connectivity index (χ3v) is 5.82. The molecule has 3 aromatic rings. The van der Waals surface area contributed by atoms with Gasteiger partial charge in [-0.2, -0.15) is 0 Å². The molecule has 1 aromatic heterocycles. The Morgan fingerprint density at radius 1 is 1.10 bits per heavy atom. The van der Waals surface area contributed by atoms with E-state index in [2.05, 4.69) is 5.32 Å². The number of carbonyl (C=O) groups excluding carboxylic acids is 1. The second-order valence-electron chi connectivity index (χ2n) is 6.60. The average Bonchev–Trinajstić information content (AvgIpc) is 3.12. The summed E-state index contributed by atoms with van der Waals surface area (Å²) >= 11 is 6.17. The van der Waals surface area contributed by atoms with Crippen molar-refractivity contribution in [3.05, 3.63) is 77.2 Å². The molecule has 1 N–H and O–H groups in total. The molecule has 0 radical (unpaired) electrons. The van der Waals surface area contributed by atoms with Crippen molar-refractivity contribution in [3.63, 3.8) is 0 Å². The molecule has 3 rings (SSSR count). The van der Waals surface area contributed by atoms with E-state index in [1.807, 2.05) is 13.8 Å². The van der Waals surface area contributed by atoms with Crippen LogP contribution in [0.25, 0.3) is 0 Å². The molecule has 0 bridgehead atoms. The van der Waals surface area contributed by atoms with Crippen molar-refractivity contribution >= 4 is 33.0 Å². The van der Waals surface area contributed by atoms with Crippen LogP contribution in [-0.2, 0) is 15.6 Å². The number of benzene rings is 2. The van der Waals surface area contributed by atoms with Gasteiger partial charge in [-0.25, -0.2) is 8.42 Å². The van der Waals surface area contributed by atoms with Crippen molar-refractivity contribution in [3.8, 4) is 5.75 Å². The number of furan rings is 1. The second-order valence-corrected chi connectivity index (χ2v) is 9.00. The number of rotatable bonds is 7. The lowest BCUT2D eigenvalue weighted by molar-refractivity contribution is 0.0995. The summed E-state index contributed by atoms with van der Waals surface area (Å²) in [7, 11) is -3.56. The maximum atomic E-state index is 12.4. The van der Waals surface area contributed by atoms with Crippen molar-refractivity contribution in [2.45, 2.75) is 30.6 Å². The van der Waals surface area contributed by atoms with Gasteiger partial charge >= 0.3 is 0 Å². The van der Waals surface area contributed by atoms with Crippen LogP contribution in [0.1, 0.15) is 30.2 Å². The van der Waals surface area contributed by atoms with Gasteiger partial charge in [0.25, 0.3) is 5.91 Å². The standard InChI is InChI=1S/C21H20ClNO5S/c1-14(2)27-19-10-8-15(12-18(19)22)23-21(24)20-11-9-16(28-20)13-29(25,26)17-6-4-3-5-7-17/h3-12,14H,13H2,1-2H3,(H,23,24). The van der Waals surface area contributed by atoms with Gasteiger partial charge in [-0.05, 0) is 56.3 Å². The highest BCUT2D eigenvalue weighted by atomic mass is 35.5. The minimum atomic E-state index is -3.56. The van der Waals surface area contributed by atoms with E-state index >= 15 is 0 Å². The normalized spacial score (nSPS) is 11.4. The highest BCUT2D eigenvalue weighted by molar-refractivity contribution is 7.90. The molecular weight excluding hydrogens is 414 g/mol. The molecule has 0 unspecified atom stereocenters. The first-order chi connectivity index (χ1) is 13.7. The summed E-state index contributed by atoms with van der Waals surface area (Å²) in [6.45, 7) is 3.77. The number of nitrogens with one attached hydrogen (secondary N) is 1. The zero-order valence-corrected chi connectivity index (χ0v) is 17.5. The Morgan fingerprint density at radius 2 is 1.83 bits per heavy atom. The molecule has 0 spiro atoms. The maximum absolute atomic E-state index is 12.4. The molecule has 0 aliphatic rings. The minimum Gasteiger partial charge on any atom is -0.489 e. The SMILES string of the molecule is CC(C)Oc1ccc(NC(=O)c2ccc(CS(=O)(=O)c3ccccc3)o2)cc1Cl. The van der Waals surface area contributed by atoms with Gasteiger partial charge in [-0.1, -0.05) is 29.8 Å². The van der Waals surface area contributed by atoms with Crippen LogP contribution >= 0.6 is 11.6 Å². The van der Waals surface area contributed by atoms with Crippen LogP contribution in [0.3, 0.4) is 0 Å². The van der Waals surface area contributed by atoms with Crippen molar-refractivity contribution in [1.82, 2.24) is 0 Å². The predicted molar refractivity (Wildman–Crippen MR) is 111 cm³/mol. The molecule has 1 heterocycles. The first-order valence-electron chi connectivity index (χ1n) is 8.88. The molecule has 0 aliphatic heterocycles. The summed E-state index contributed by atoms with van der Waals surface area (Å²) in [4.78, 5) is 12.6. The molecule has 0 fully saturated rings. The monoisotopic (exact) mass is 433 g/mol. The Labute approximate surface area is 174 Å². The van der Waals surface area contributed by atoms with Crippen LogP contribution in [0.2, 0.25) is 5.02 Å². The third kappa shape index (κ3) is 5.40. The Kier molecular flexibility index (Phi) is 6.30. The number of sulfone groups is 1. The van der Waals surface area contributed by atoms with Crippen molar-refractivity contribution in [2.24, 2.45) is 0 Å². The van der Waals surface area contributed by atoms with Gasteiger partial charge in [0.2, 0.25) is 0 Å². The van der Waals surface area contributed by atoms with E-state index in [-0.39, 0.29) is 28.3 Å². The average molecular weight is 434 g/mol. The summed E-state index contributed by atoms with van der Waals surface area (Å²) in [5, 5.41) is 3.03. The number of hydrogen-bond donors (Lipinski definition) is 1. The van der Waals surface area contributed by atoms with Crippen LogP contribution in [0, 0.1) is 0 Å². The first-order valence-corrected chi connectivity index (χ1v) is 10.9. The van der Waals surface area contributed by atoms with Gasteiger partial charge in [0.1, 0.15) is 17.3 Å². The van der Waals surface area contributed by atoms with Crippen LogP contribution in [-0.4, -0.2) is 20.4 Å². The van der Waals surface area contributed by atoms with E-state index in [4.69, 9.17) is 20.8 Å². The Bertz CT molecular complexity index is 1110. The van der Waals surface area contributed by atoms with E-state index in [1.165, 1.54) is 24.3 Å². The van der Waals surface area contributed by atoms with Crippen molar-refractivity contribution in [1.29, 1.82) is 0 Å². The maximum Gasteiger partial charge on any atom is 0.291 e. The zero-order valence-electron chi connectivity index (χ0n) is 15.9. The minimum absolute atomic E-state index is 0.00175. The molecule has 1 amide bonds. The molecule has 8 heteroatoms. The van der Waals surface area contributed by atoms with Crippen LogP contribution in [0.4, 0.5) is 5.69 Å². The molecule has 152 valence electrons. The lowest BCUT2D eigenvalue weighted by Crippen LogP contribution is -2.11. The fraction of sp³-hybridized carbons (Fsp3) is 0.190. The second kappa shape index (κ2) is 8.71. The Hall–Kier alpha value is -2.77. The van der Waals surface area contributed by atoms with Gasteiger partial charge in [0, 0.05) is 5.69 Å². The number of carbonyl (C=O) groups is 1. The predicted octanol–water partition coefficient (Wildman–Crippen LogP) is 4.95. The number of ether oxygens (including phenoxy) is 1. The summed E-state index contributed by atoms with van der Waals surface area (Å²) in [5.74, 6) is -0.148. The molecule has 6 nitrogen and oxygen atoms in total. The fourth-order valence-electron chi connectivity index (χ4n) is 2.60.